The lowest BCUT2D eigenvalue weighted by Crippen LogP contribution is -2.54. The van der Waals surface area contributed by atoms with Gasteiger partial charge in [0.1, 0.15) is 11.9 Å². The van der Waals surface area contributed by atoms with Crippen LogP contribution in [-0.4, -0.2) is 53.8 Å². The zero-order valence-electron chi connectivity index (χ0n) is 15.4. The second-order valence-corrected chi connectivity index (χ2v) is 6.99. The van der Waals surface area contributed by atoms with Crippen molar-refractivity contribution in [2.24, 2.45) is 0 Å². The number of halogens is 1. The van der Waals surface area contributed by atoms with Crippen LogP contribution in [0.2, 0.25) is 0 Å². The van der Waals surface area contributed by atoms with E-state index in [0.29, 0.717) is 18.9 Å². The van der Waals surface area contributed by atoms with E-state index in [2.05, 4.69) is 41.7 Å². The van der Waals surface area contributed by atoms with E-state index in [9.17, 15) is 14.4 Å². The fraction of sp³-hybridized carbons (Fsp3) is 0.278. The molecule has 1 aromatic carbocycles. The van der Waals surface area contributed by atoms with Gasteiger partial charge in [-0.2, -0.15) is 0 Å². The predicted molar refractivity (Wildman–Crippen MR) is 105 cm³/mol. The quantitative estimate of drug-likeness (QED) is 0.476. The van der Waals surface area contributed by atoms with Crippen molar-refractivity contribution in [2.45, 2.75) is 13.0 Å². The van der Waals surface area contributed by atoms with E-state index in [1.807, 2.05) is 29.2 Å². The van der Waals surface area contributed by atoms with Gasteiger partial charge in [0.25, 0.3) is 11.8 Å². The molecule has 29 heavy (non-hydrogen) atoms. The fourth-order valence-electron chi connectivity index (χ4n) is 2.43. The second-order valence-electron chi connectivity index (χ2n) is 6.13. The first-order valence-corrected chi connectivity index (χ1v) is 9.44. The summed E-state index contributed by atoms with van der Waals surface area (Å²) < 4.78 is 11.3. The number of esters is 1. The molecule has 152 valence electrons. The maximum Gasteiger partial charge on any atom is 0.303 e. The van der Waals surface area contributed by atoms with Crippen molar-refractivity contribution >= 4 is 39.5 Å². The number of carbonyl (C=O) groups is 3. The molecule has 2 heterocycles. The number of hydrogen-bond donors (Lipinski definition) is 2. The number of hydrazine groups is 1. The summed E-state index contributed by atoms with van der Waals surface area (Å²) in [6, 6.07) is 10.8. The summed E-state index contributed by atoms with van der Waals surface area (Å²) in [5, 5.41) is 7.90. The minimum absolute atomic E-state index is 0.0306. The number of ether oxygens (including phenoxy) is 2. The standard InChI is InChI=1S/C18H18BrN5O5/c1-11(25)28-10-17(26)22-23-18(27)14-6-7-16(21-20-14)24-8-12(9-24)29-15-5-3-2-4-13(15)19/h2-7,12H,8-10H2,1H3,(H,22,26)(H,23,27). The third kappa shape index (κ3) is 5.64. The van der Waals surface area contributed by atoms with Gasteiger partial charge in [0, 0.05) is 6.92 Å². The topological polar surface area (TPSA) is 123 Å². The van der Waals surface area contributed by atoms with Gasteiger partial charge in [0.05, 0.1) is 17.6 Å². The van der Waals surface area contributed by atoms with Gasteiger partial charge in [-0.3, -0.25) is 25.2 Å². The van der Waals surface area contributed by atoms with Gasteiger partial charge in [0.2, 0.25) is 0 Å². The minimum Gasteiger partial charge on any atom is -0.486 e. The Balaban J connectivity index is 1.44. The number of anilines is 1. The zero-order chi connectivity index (χ0) is 20.8. The van der Waals surface area contributed by atoms with Gasteiger partial charge in [-0.25, -0.2) is 0 Å². The van der Waals surface area contributed by atoms with Crippen molar-refractivity contribution in [3.8, 4) is 5.75 Å². The summed E-state index contributed by atoms with van der Waals surface area (Å²) in [4.78, 5) is 36.0. The van der Waals surface area contributed by atoms with Crippen molar-refractivity contribution < 1.29 is 23.9 Å². The van der Waals surface area contributed by atoms with E-state index in [0.717, 1.165) is 10.2 Å². The Bertz CT molecular complexity index is 902. The van der Waals surface area contributed by atoms with E-state index in [-0.39, 0.29) is 11.8 Å². The van der Waals surface area contributed by atoms with E-state index in [4.69, 9.17) is 4.74 Å². The highest BCUT2D eigenvalue weighted by molar-refractivity contribution is 9.10. The van der Waals surface area contributed by atoms with Crippen LogP contribution in [0.25, 0.3) is 0 Å². The Labute approximate surface area is 174 Å². The number of hydrogen-bond acceptors (Lipinski definition) is 8. The molecule has 11 heteroatoms. The molecule has 0 unspecified atom stereocenters. The first kappa shape index (κ1) is 20.5. The van der Waals surface area contributed by atoms with Crippen LogP contribution in [0.5, 0.6) is 5.75 Å². The lowest BCUT2D eigenvalue weighted by atomic mass is 10.1. The number of carbonyl (C=O) groups excluding carboxylic acids is 3. The van der Waals surface area contributed by atoms with Gasteiger partial charge in [-0.1, -0.05) is 12.1 Å². The SMILES string of the molecule is CC(=O)OCC(=O)NNC(=O)c1ccc(N2CC(Oc3ccccc3Br)C2)nn1. The Morgan fingerprint density at radius 3 is 2.55 bits per heavy atom. The van der Waals surface area contributed by atoms with Crippen LogP contribution in [0.15, 0.2) is 40.9 Å². The molecule has 1 fully saturated rings. The van der Waals surface area contributed by atoms with Gasteiger partial charge in [-0.05, 0) is 40.2 Å². The van der Waals surface area contributed by atoms with Gasteiger partial charge in [0.15, 0.2) is 18.1 Å². The van der Waals surface area contributed by atoms with E-state index < -0.39 is 24.4 Å². The number of amides is 2. The summed E-state index contributed by atoms with van der Waals surface area (Å²) in [6.45, 7) is 1.98. The van der Waals surface area contributed by atoms with Crippen LogP contribution in [0.3, 0.4) is 0 Å². The molecule has 0 saturated carbocycles. The Hall–Kier alpha value is -3.21. The summed E-state index contributed by atoms with van der Waals surface area (Å²) in [5.41, 5.74) is 4.31. The molecule has 2 aromatic rings. The Morgan fingerprint density at radius 1 is 1.14 bits per heavy atom. The summed E-state index contributed by atoms with van der Waals surface area (Å²) >= 11 is 3.45. The Morgan fingerprint density at radius 2 is 1.90 bits per heavy atom. The number of aromatic nitrogens is 2. The van der Waals surface area contributed by atoms with Crippen LogP contribution in [-0.2, 0) is 14.3 Å². The third-order valence-corrected chi connectivity index (χ3v) is 4.56. The van der Waals surface area contributed by atoms with Crippen LogP contribution in [0.4, 0.5) is 5.82 Å². The molecule has 0 spiro atoms. The molecule has 0 bridgehead atoms. The highest BCUT2D eigenvalue weighted by Crippen LogP contribution is 2.28. The molecule has 1 saturated heterocycles. The second kappa shape index (κ2) is 9.32. The number of rotatable bonds is 6. The maximum atomic E-state index is 12.0. The smallest absolute Gasteiger partial charge is 0.303 e. The summed E-state index contributed by atoms with van der Waals surface area (Å²) in [6.07, 6.45) is 0.0332. The van der Waals surface area contributed by atoms with E-state index >= 15 is 0 Å². The van der Waals surface area contributed by atoms with Gasteiger partial charge >= 0.3 is 5.97 Å². The number of benzene rings is 1. The first-order valence-electron chi connectivity index (χ1n) is 8.65. The summed E-state index contributed by atoms with van der Waals surface area (Å²) in [7, 11) is 0. The third-order valence-electron chi connectivity index (χ3n) is 3.91. The van der Waals surface area contributed by atoms with E-state index in [1.165, 1.54) is 13.0 Å². The van der Waals surface area contributed by atoms with Crippen molar-refractivity contribution in [1.29, 1.82) is 0 Å². The molecule has 1 aromatic heterocycles. The van der Waals surface area contributed by atoms with Crippen molar-refractivity contribution in [3.63, 3.8) is 0 Å². The van der Waals surface area contributed by atoms with Crippen LogP contribution in [0.1, 0.15) is 17.4 Å². The summed E-state index contributed by atoms with van der Waals surface area (Å²) in [5.74, 6) is -0.504. The number of nitrogens with zero attached hydrogens (tertiary/aromatic N) is 3. The molecule has 1 aliphatic heterocycles. The molecular formula is C18H18BrN5O5. The monoisotopic (exact) mass is 463 g/mol. The van der Waals surface area contributed by atoms with Crippen LogP contribution < -0.4 is 20.5 Å². The largest absolute Gasteiger partial charge is 0.486 e. The van der Waals surface area contributed by atoms with Crippen molar-refractivity contribution in [2.75, 3.05) is 24.6 Å². The average molecular weight is 464 g/mol. The van der Waals surface area contributed by atoms with E-state index in [1.54, 1.807) is 6.07 Å². The maximum absolute atomic E-state index is 12.0. The molecule has 10 nitrogen and oxygen atoms in total. The fourth-order valence-corrected chi connectivity index (χ4v) is 2.81. The molecule has 3 rings (SSSR count). The molecule has 0 aliphatic carbocycles. The first-order chi connectivity index (χ1) is 13.9. The number of nitrogens with one attached hydrogen (secondary N) is 2. The molecule has 2 amide bonds. The van der Waals surface area contributed by atoms with Gasteiger partial charge < -0.3 is 14.4 Å². The molecule has 2 N–H and O–H groups in total. The highest BCUT2D eigenvalue weighted by atomic mass is 79.9. The molecule has 0 atom stereocenters. The van der Waals surface area contributed by atoms with Crippen molar-refractivity contribution in [1.82, 2.24) is 21.0 Å². The molecular weight excluding hydrogens is 446 g/mol. The predicted octanol–water partition coefficient (Wildman–Crippen LogP) is 0.831. The lowest BCUT2D eigenvalue weighted by molar-refractivity contribution is -0.146. The molecule has 1 aliphatic rings. The minimum atomic E-state index is -0.671. The zero-order valence-corrected chi connectivity index (χ0v) is 17.0. The normalized spacial score (nSPS) is 13.2. The Kier molecular flexibility index (Phi) is 6.60. The van der Waals surface area contributed by atoms with Gasteiger partial charge in [-0.15, -0.1) is 10.2 Å². The van der Waals surface area contributed by atoms with Crippen LogP contribution >= 0.6 is 15.9 Å². The lowest BCUT2D eigenvalue weighted by Gasteiger charge is -2.39. The highest BCUT2D eigenvalue weighted by Gasteiger charge is 2.30. The van der Waals surface area contributed by atoms with Crippen LogP contribution in [0, 0.1) is 0 Å². The number of para-hydroxylation sites is 1. The van der Waals surface area contributed by atoms with Crippen molar-refractivity contribution in [3.05, 3.63) is 46.6 Å². The molecule has 0 radical (unpaired) electrons. The average Bonchev–Trinajstić information content (AvgIpc) is 2.68.